The Morgan fingerprint density at radius 1 is 1.22 bits per heavy atom. The molecule has 1 aliphatic carbocycles. The van der Waals surface area contributed by atoms with E-state index in [1.807, 2.05) is 24.4 Å². The van der Waals surface area contributed by atoms with Crippen molar-refractivity contribution in [2.75, 3.05) is 6.54 Å². The minimum Gasteiger partial charge on any atom is -0.453 e. The van der Waals surface area contributed by atoms with Crippen LogP contribution in [-0.4, -0.2) is 29.5 Å². The number of H-pyrrole nitrogens is 1. The number of hydrogen-bond donors (Lipinski definition) is 2. The summed E-state index contributed by atoms with van der Waals surface area (Å²) in [6, 6.07) is 8.14. The van der Waals surface area contributed by atoms with Gasteiger partial charge in [0.05, 0.1) is 0 Å². The van der Waals surface area contributed by atoms with E-state index >= 15 is 0 Å². The number of carbonyl (C=O) groups excluding carboxylic acids is 2. The Morgan fingerprint density at radius 3 is 2.81 bits per heavy atom. The number of fused-ring (bicyclic) bond motifs is 1. The van der Waals surface area contributed by atoms with Crippen molar-refractivity contribution in [3.05, 3.63) is 36.0 Å². The zero-order chi connectivity index (χ0) is 19.1. The molecule has 0 saturated heterocycles. The molecule has 1 aromatic carbocycles. The molecule has 0 unspecified atom stereocenters. The smallest absolute Gasteiger partial charge is 0.306 e. The maximum Gasteiger partial charge on any atom is 0.306 e. The standard InChI is InChI=1S/C22H30N2O3/c1-16(22(26)24-14-17-8-3-2-4-9-17)27-21(25)13-7-10-18-15-23-20-12-6-5-11-19(18)20/h5-6,11-12,15-17,23H,2-4,7-10,13-14H2,1H3,(H,24,26)/t16-/m0/s1. The van der Waals surface area contributed by atoms with Gasteiger partial charge in [0, 0.05) is 30.1 Å². The molecule has 2 aromatic rings. The number of amides is 1. The molecule has 1 heterocycles. The van der Waals surface area contributed by atoms with E-state index in [1.165, 1.54) is 43.1 Å². The first-order valence-corrected chi connectivity index (χ1v) is 10.2. The molecule has 1 amide bonds. The molecule has 1 saturated carbocycles. The highest BCUT2D eigenvalue weighted by Crippen LogP contribution is 2.23. The summed E-state index contributed by atoms with van der Waals surface area (Å²) < 4.78 is 5.30. The van der Waals surface area contributed by atoms with Gasteiger partial charge >= 0.3 is 5.97 Å². The summed E-state index contributed by atoms with van der Waals surface area (Å²) in [7, 11) is 0. The third-order valence-corrected chi connectivity index (χ3v) is 5.47. The molecule has 1 atom stereocenters. The molecule has 5 nitrogen and oxygen atoms in total. The molecule has 27 heavy (non-hydrogen) atoms. The minimum absolute atomic E-state index is 0.189. The first-order chi connectivity index (χ1) is 13.1. The molecule has 5 heteroatoms. The second-order valence-corrected chi connectivity index (χ2v) is 7.59. The summed E-state index contributed by atoms with van der Waals surface area (Å²) in [6.07, 6.45) is 9.27. The van der Waals surface area contributed by atoms with Crippen LogP contribution in [0.25, 0.3) is 10.9 Å². The van der Waals surface area contributed by atoms with E-state index in [-0.39, 0.29) is 11.9 Å². The number of para-hydroxylation sites is 1. The van der Waals surface area contributed by atoms with Crippen LogP contribution in [0.3, 0.4) is 0 Å². The number of ether oxygens (including phenoxy) is 1. The van der Waals surface area contributed by atoms with Crippen molar-refractivity contribution in [1.29, 1.82) is 0 Å². The molecular weight excluding hydrogens is 340 g/mol. The van der Waals surface area contributed by atoms with Crippen molar-refractivity contribution in [2.24, 2.45) is 5.92 Å². The molecule has 0 spiro atoms. The fraction of sp³-hybridized carbons (Fsp3) is 0.545. The number of esters is 1. The van der Waals surface area contributed by atoms with Gasteiger partial charge in [-0.3, -0.25) is 9.59 Å². The molecule has 2 N–H and O–H groups in total. The normalized spacial score (nSPS) is 16.2. The number of rotatable bonds is 8. The van der Waals surface area contributed by atoms with Gasteiger partial charge in [0.25, 0.3) is 5.91 Å². The summed E-state index contributed by atoms with van der Waals surface area (Å²) >= 11 is 0. The second-order valence-electron chi connectivity index (χ2n) is 7.59. The van der Waals surface area contributed by atoms with E-state index < -0.39 is 6.10 Å². The Hall–Kier alpha value is -2.30. The third-order valence-electron chi connectivity index (χ3n) is 5.47. The quantitative estimate of drug-likeness (QED) is 0.687. The fourth-order valence-electron chi connectivity index (χ4n) is 3.85. The zero-order valence-electron chi connectivity index (χ0n) is 16.1. The first kappa shape index (κ1) is 19.5. The van der Waals surface area contributed by atoms with Crippen LogP contribution in [0.15, 0.2) is 30.5 Å². The van der Waals surface area contributed by atoms with Gasteiger partial charge in [-0.2, -0.15) is 0 Å². The lowest BCUT2D eigenvalue weighted by molar-refractivity contribution is -0.154. The van der Waals surface area contributed by atoms with Crippen LogP contribution in [0.4, 0.5) is 0 Å². The minimum atomic E-state index is -0.728. The van der Waals surface area contributed by atoms with Crippen LogP contribution in [0.2, 0.25) is 0 Å². The Bertz CT molecular complexity index is 762. The molecule has 0 bridgehead atoms. The predicted molar refractivity (Wildman–Crippen MR) is 106 cm³/mol. The lowest BCUT2D eigenvalue weighted by Crippen LogP contribution is -2.38. The van der Waals surface area contributed by atoms with Gasteiger partial charge in [0.15, 0.2) is 6.10 Å². The van der Waals surface area contributed by atoms with Crippen LogP contribution in [0.1, 0.15) is 57.4 Å². The lowest BCUT2D eigenvalue weighted by Gasteiger charge is -2.22. The summed E-state index contributed by atoms with van der Waals surface area (Å²) in [5, 5.41) is 4.13. The Labute approximate surface area is 160 Å². The predicted octanol–water partition coefficient (Wildman–Crippen LogP) is 4.12. The Balaban J connectivity index is 1.36. The van der Waals surface area contributed by atoms with Crippen LogP contribution in [0, 0.1) is 5.92 Å². The van der Waals surface area contributed by atoms with E-state index in [0.29, 0.717) is 25.3 Å². The number of aryl methyl sites for hydroxylation is 1. The number of hydrogen-bond acceptors (Lipinski definition) is 3. The van der Waals surface area contributed by atoms with E-state index in [9.17, 15) is 9.59 Å². The number of aromatic amines is 1. The summed E-state index contributed by atoms with van der Waals surface area (Å²) in [5.74, 6) is 0.0717. The van der Waals surface area contributed by atoms with Crippen molar-refractivity contribution < 1.29 is 14.3 Å². The number of aromatic nitrogens is 1. The summed E-state index contributed by atoms with van der Waals surface area (Å²) in [6.45, 7) is 2.34. The van der Waals surface area contributed by atoms with Gasteiger partial charge in [-0.25, -0.2) is 0 Å². The molecule has 0 radical (unpaired) electrons. The monoisotopic (exact) mass is 370 g/mol. The Kier molecular flexibility index (Phi) is 6.91. The average molecular weight is 370 g/mol. The topological polar surface area (TPSA) is 71.2 Å². The van der Waals surface area contributed by atoms with Crippen LogP contribution in [0.5, 0.6) is 0 Å². The van der Waals surface area contributed by atoms with Crippen molar-refractivity contribution >= 4 is 22.8 Å². The van der Waals surface area contributed by atoms with Gasteiger partial charge in [-0.05, 0) is 50.2 Å². The molecule has 1 aliphatic rings. The van der Waals surface area contributed by atoms with E-state index in [4.69, 9.17) is 4.74 Å². The molecule has 3 rings (SSSR count). The highest BCUT2D eigenvalue weighted by atomic mass is 16.5. The van der Waals surface area contributed by atoms with E-state index in [1.54, 1.807) is 6.92 Å². The lowest BCUT2D eigenvalue weighted by atomic mass is 9.89. The molecule has 0 aliphatic heterocycles. The van der Waals surface area contributed by atoms with Crippen LogP contribution in [-0.2, 0) is 20.7 Å². The summed E-state index contributed by atoms with van der Waals surface area (Å²) in [4.78, 5) is 27.4. The van der Waals surface area contributed by atoms with E-state index in [0.717, 1.165) is 11.9 Å². The van der Waals surface area contributed by atoms with Crippen molar-refractivity contribution in [2.45, 2.75) is 64.4 Å². The number of benzene rings is 1. The van der Waals surface area contributed by atoms with Crippen molar-refractivity contribution in [1.82, 2.24) is 10.3 Å². The highest BCUT2D eigenvalue weighted by Gasteiger charge is 2.20. The zero-order valence-corrected chi connectivity index (χ0v) is 16.1. The molecule has 146 valence electrons. The first-order valence-electron chi connectivity index (χ1n) is 10.2. The Morgan fingerprint density at radius 2 is 2.00 bits per heavy atom. The second kappa shape index (κ2) is 9.58. The van der Waals surface area contributed by atoms with Gasteiger partial charge < -0.3 is 15.0 Å². The molecule has 1 aromatic heterocycles. The maximum atomic E-state index is 12.1. The van der Waals surface area contributed by atoms with Gasteiger partial charge in [-0.15, -0.1) is 0 Å². The van der Waals surface area contributed by atoms with Crippen molar-refractivity contribution in [3.63, 3.8) is 0 Å². The average Bonchev–Trinajstić information content (AvgIpc) is 3.10. The molecule has 1 fully saturated rings. The molecular formula is C22H30N2O3. The fourth-order valence-corrected chi connectivity index (χ4v) is 3.85. The summed E-state index contributed by atoms with van der Waals surface area (Å²) in [5.41, 5.74) is 2.31. The maximum absolute atomic E-state index is 12.1. The third kappa shape index (κ3) is 5.59. The van der Waals surface area contributed by atoms with Crippen LogP contribution >= 0.6 is 0 Å². The highest BCUT2D eigenvalue weighted by molar-refractivity contribution is 5.84. The number of nitrogens with one attached hydrogen (secondary N) is 2. The van der Waals surface area contributed by atoms with Crippen LogP contribution < -0.4 is 5.32 Å². The van der Waals surface area contributed by atoms with Gasteiger partial charge in [0.2, 0.25) is 0 Å². The van der Waals surface area contributed by atoms with Gasteiger partial charge in [0.1, 0.15) is 0 Å². The van der Waals surface area contributed by atoms with Crippen molar-refractivity contribution in [3.8, 4) is 0 Å². The largest absolute Gasteiger partial charge is 0.453 e. The van der Waals surface area contributed by atoms with E-state index in [2.05, 4.69) is 16.4 Å². The number of carbonyl (C=O) groups is 2. The van der Waals surface area contributed by atoms with Gasteiger partial charge in [-0.1, -0.05) is 37.5 Å². The SMILES string of the molecule is C[C@H](OC(=O)CCCc1c[nH]c2ccccc12)C(=O)NCC1CCCCC1.